The van der Waals surface area contributed by atoms with Crippen molar-refractivity contribution in [2.24, 2.45) is 0 Å². The summed E-state index contributed by atoms with van der Waals surface area (Å²) in [4.78, 5) is 20.1. The quantitative estimate of drug-likeness (QED) is 0.684. The molecule has 140 valence electrons. The van der Waals surface area contributed by atoms with E-state index in [9.17, 15) is 4.79 Å². The molecule has 1 aliphatic heterocycles. The zero-order chi connectivity index (χ0) is 19.1. The minimum atomic E-state index is 0.0715. The molecule has 1 atom stereocenters. The molecule has 1 unspecified atom stereocenters. The number of hydrogen-bond acceptors (Lipinski definition) is 3. The molecule has 3 aromatic rings. The molecule has 0 saturated carbocycles. The number of carbonyl (C=O) groups excluding carboxylic acids is 1. The van der Waals surface area contributed by atoms with Crippen LogP contribution in [0.25, 0.3) is 11.0 Å². The summed E-state index contributed by atoms with van der Waals surface area (Å²) in [5.41, 5.74) is 4.75. The second-order valence-corrected chi connectivity index (χ2v) is 7.78. The fraction of sp³-hybridized carbons (Fsp3) is 0.409. The zero-order valence-electron chi connectivity index (χ0n) is 16.4. The Hall–Kier alpha value is -2.69. The largest absolute Gasteiger partial charge is 0.332 e. The lowest BCUT2D eigenvalue weighted by atomic mass is 10.0. The first-order valence-corrected chi connectivity index (χ1v) is 9.68. The molecule has 0 aliphatic carbocycles. The number of hydrogen-bond donors (Lipinski definition) is 0. The predicted molar refractivity (Wildman–Crippen MR) is 107 cm³/mol. The minimum Gasteiger partial charge on any atom is -0.332 e. The van der Waals surface area contributed by atoms with E-state index in [-0.39, 0.29) is 18.0 Å². The van der Waals surface area contributed by atoms with Gasteiger partial charge in [0, 0.05) is 18.0 Å². The van der Waals surface area contributed by atoms with E-state index in [0.717, 1.165) is 36.1 Å². The second kappa shape index (κ2) is 6.80. The molecule has 0 bridgehead atoms. The van der Waals surface area contributed by atoms with Crippen molar-refractivity contribution >= 4 is 16.9 Å². The van der Waals surface area contributed by atoms with Crippen molar-refractivity contribution in [2.75, 3.05) is 6.54 Å². The number of carbonyl (C=O) groups is 1. The lowest BCUT2D eigenvalue weighted by Gasteiger charge is -2.26. The van der Waals surface area contributed by atoms with Gasteiger partial charge in [-0.2, -0.15) is 5.10 Å². The molecule has 0 N–H and O–H groups in total. The Labute approximate surface area is 160 Å². The third-order valence-corrected chi connectivity index (χ3v) is 5.45. The topological polar surface area (TPSA) is 51.0 Å². The molecule has 4 rings (SSSR count). The number of aromatic nitrogens is 3. The van der Waals surface area contributed by atoms with E-state index in [4.69, 9.17) is 4.98 Å². The Bertz CT molecular complexity index is 987. The highest BCUT2D eigenvalue weighted by molar-refractivity contribution is 5.98. The Morgan fingerprint density at radius 2 is 1.93 bits per heavy atom. The van der Waals surface area contributed by atoms with E-state index in [2.05, 4.69) is 50.1 Å². The number of rotatable bonds is 3. The summed E-state index contributed by atoms with van der Waals surface area (Å²) in [6.07, 6.45) is 3.85. The molecule has 5 nitrogen and oxygen atoms in total. The maximum absolute atomic E-state index is 13.4. The van der Waals surface area contributed by atoms with E-state index in [1.54, 1.807) is 6.20 Å². The van der Waals surface area contributed by atoms with Gasteiger partial charge in [0.05, 0.1) is 23.5 Å². The van der Waals surface area contributed by atoms with E-state index < -0.39 is 0 Å². The Balaban J connectivity index is 1.69. The first-order chi connectivity index (χ1) is 13.0. The third-order valence-electron chi connectivity index (χ3n) is 5.45. The van der Waals surface area contributed by atoms with Gasteiger partial charge in [-0.1, -0.05) is 29.8 Å². The normalized spacial score (nSPS) is 17.2. The second-order valence-electron chi connectivity index (χ2n) is 7.78. The molecule has 3 heterocycles. The highest BCUT2D eigenvalue weighted by Crippen LogP contribution is 2.34. The number of benzene rings is 1. The van der Waals surface area contributed by atoms with Crippen LogP contribution < -0.4 is 0 Å². The van der Waals surface area contributed by atoms with E-state index in [0.29, 0.717) is 5.56 Å². The lowest BCUT2D eigenvalue weighted by molar-refractivity contribution is 0.0734. The minimum absolute atomic E-state index is 0.0715. The van der Waals surface area contributed by atoms with Crippen LogP contribution in [0, 0.1) is 13.8 Å². The molecule has 1 fully saturated rings. The number of aryl methyl sites for hydroxylation is 2. The molecule has 2 aromatic heterocycles. The van der Waals surface area contributed by atoms with Crippen LogP contribution in [-0.4, -0.2) is 32.1 Å². The van der Waals surface area contributed by atoms with Crippen LogP contribution in [0.5, 0.6) is 0 Å². The van der Waals surface area contributed by atoms with Gasteiger partial charge >= 0.3 is 0 Å². The van der Waals surface area contributed by atoms with Crippen LogP contribution in [0.2, 0.25) is 0 Å². The van der Waals surface area contributed by atoms with Gasteiger partial charge in [-0.15, -0.1) is 0 Å². The number of amides is 1. The number of pyridine rings is 1. The predicted octanol–water partition coefficient (Wildman–Crippen LogP) is 4.61. The molecular formula is C22H26N4O. The van der Waals surface area contributed by atoms with Crippen LogP contribution in [0.1, 0.15) is 66.0 Å². The average molecular weight is 362 g/mol. The SMILES string of the molecule is Cc1ccc(C2CCCN2C(=O)c2cc3cnn(C(C)C)c3nc2C)cc1. The number of fused-ring (bicyclic) bond motifs is 1. The molecular weight excluding hydrogens is 336 g/mol. The Kier molecular flexibility index (Phi) is 4.46. The maximum atomic E-state index is 13.4. The van der Waals surface area contributed by atoms with Crippen molar-refractivity contribution in [1.82, 2.24) is 19.7 Å². The summed E-state index contributed by atoms with van der Waals surface area (Å²) >= 11 is 0. The van der Waals surface area contributed by atoms with Crippen molar-refractivity contribution < 1.29 is 4.79 Å². The van der Waals surface area contributed by atoms with Gasteiger partial charge in [0.1, 0.15) is 0 Å². The molecule has 0 radical (unpaired) electrons. The summed E-state index contributed by atoms with van der Waals surface area (Å²) in [6, 6.07) is 10.9. The van der Waals surface area contributed by atoms with Crippen LogP contribution >= 0.6 is 0 Å². The van der Waals surface area contributed by atoms with E-state index in [1.165, 1.54) is 11.1 Å². The lowest BCUT2D eigenvalue weighted by Crippen LogP contribution is -2.31. The molecule has 1 aliphatic rings. The maximum Gasteiger partial charge on any atom is 0.256 e. The summed E-state index contributed by atoms with van der Waals surface area (Å²) in [7, 11) is 0. The summed E-state index contributed by atoms with van der Waals surface area (Å²) in [5, 5.41) is 5.35. The van der Waals surface area contributed by atoms with Crippen molar-refractivity contribution in [3.8, 4) is 0 Å². The van der Waals surface area contributed by atoms with Crippen molar-refractivity contribution in [2.45, 2.75) is 52.6 Å². The summed E-state index contributed by atoms with van der Waals surface area (Å²) < 4.78 is 1.90. The standard InChI is InChI=1S/C22H26N4O/c1-14(2)26-21-18(13-23-26)12-19(16(4)24-21)22(27)25-11-5-6-20(25)17-9-7-15(3)8-10-17/h7-10,12-14,20H,5-6,11H2,1-4H3. The van der Waals surface area contributed by atoms with Gasteiger partial charge in [-0.05, 0) is 52.2 Å². The highest BCUT2D eigenvalue weighted by Gasteiger charge is 2.31. The molecule has 1 aromatic carbocycles. The fourth-order valence-electron chi connectivity index (χ4n) is 3.96. The van der Waals surface area contributed by atoms with Gasteiger partial charge in [0.15, 0.2) is 5.65 Å². The van der Waals surface area contributed by atoms with Crippen molar-refractivity contribution in [3.63, 3.8) is 0 Å². The van der Waals surface area contributed by atoms with Crippen LogP contribution in [-0.2, 0) is 0 Å². The molecule has 1 saturated heterocycles. The van der Waals surface area contributed by atoms with Crippen LogP contribution in [0.15, 0.2) is 36.5 Å². The first-order valence-electron chi connectivity index (χ1n) is 9.68. The van der Waals surface area contributed by atoms with Gasteiger partial charge in [0.2, 0.25) is 0 Å². The van der Waals surface area contributed by atoms with Crippen LogP contribution in [0.3, 0.4) is 0 Å². The summed E-state index contributed by atoms with van der Waals surface area (Å²) in [5.74, 6) is 0.0715. The fourth-order valence-corrected chi connectivity index (χ4v) is 3.96. The Morgan fingerprint density at radius 3 is 2.63 bits per heavy atom. The molecule has 27 heavy (non-hydrogen) atoms. The molecule has 0 spiro atoms. The highest BCUT2D eigenvalue weighted by atomic mass is 16.2. The monoisotopic (exact) mass is 362 g/mol. The van der Waals surface area contributed by atoms with Crippen molar-refractivity contribution in [1.29, 1.82) is 0 Å². The smallest absolute Gasteiger partial charge is 0.256 e. The first kappa shape index (κ1) is 17.7. The van der Waals surface area contributed by atoms with Crippen molar-refractivity contribution in [3.05, 3.63) is 58.9 Å². The average Bonchev–Trinajstić information content (AvgIpc) is 3.27. The third kappa shape index (κ3) is 3.11. The van der Waals surface area contributed by atoms with Gasteiger partial charge in [0.25, 0.3) is 5.91 Å². The summed E-state index contributed by atoms with van der Waals surface area (Å²) in [6.45, 7) is 8.96. The zero-order valence-corrected chi connectivity index (χ0v) is 16.4. The van der Waals surface area contributed by atoms with Gasteiger partial charge < -0.3 is 4.90 Å². The van der Waals surface area contributed by atoms with E-state index in [1.807, 2.05) is 22.6 Å². The molecule has 5 heteroatoms. The van der Waals surface area contributed by atoms with E-state index >= 15 is 0 Å². The Morgan fingerprint density at radius 1 is 1.19 bits per heavy atom. The number of likely N-dealkylation sites (tertiary alicyclic amines) is 1. The van der Waals surface area contributed by atoms with Gasteiger partial charge in [-0.25, -0.2) is 9.67 Å². The van der Waals surface area contributed by atoms with Gasteiger partial charge in [-0.3, -0.25) is 4.79 Å². The molecule has 1 amide bonds. The number of nitrogens with zero attached hydrogens (tertiary/aromatic N) is 4. The van der Waals surface area contributed by atoms with Crippen LogP contribution in [0.4, 0.5) is 0 Å².